The molecule has 28 heavy (non-hydrogen) atoms. The molecule has 0 bridgehead atoms. The van der Waals surface area contributed by atoms with E-state index in [9.17, 15) is 17.2 Å². The summed E-state index contributed by atoms with van der Waals surface area (Å²) in [6.07, 6.45) is 0. The molecule has 6 nitrogen and oxygen atoms in total. The van der Waals surface area contributed by atoms with E-state index in [1.807, 2.05) is 13.8 Å². The molecule has 2 aromatic carbocycles. The van der Waals surface area contributed by atoms with E-state index in [2.05, 4.69) is 14.9 Å². The summed E-state index contributed by atoms with van der Waals surface area (Å²) in [4.78, 5) is 0.149. The van der Waals surface area contributed by atoms with Gasteiger partial charge in [0, 0.05) is 6.04 Å². The van der Waals surface area contributed by atoms with Crippen LogP contribution in [-0.2, 0) is 10.0 Å². The molecule has 0 amide bonds. The molecule has 2 atom stereocenters. The van der Waals surface area contributed by atoms with Crippen LogP contribution in [0.2, 0.25) is 0 Å². The lowest BCUT2D eigenvalue weighted by Crippen LogP contribution is -2.29. The summed E-state index contributed by atoms with van der Waals surface area (Å²) >= 11 is 0. The highest BCUT2D eigenvalue weighted by atomic mass is 32.2. The lowest BCUT2D eigenvalue weighted by Gasteiger charge is -2.07. The van der Waals surface area contributed by atoms with Crippen LogP contribution in [0, 0.1) is 17.0 Å². The van der Waals surface area contributed by atoms with E-state index < -0.39 is 44.6 Å². The van der Waals surface area contributed by atoms with Gasteiger partial charge in [-0.2, -0.15) is 0 Å². The number of halogens is 2. The summed E-state index contributed by atoms with van der Waals surface area (Å²) in [6, 6.07) is 10.9. The second-order valence-electron chi connectivity index (χ2n) is 7.25. The molecule has 0 radical (unpaired) electrons. The molecular formula is C19H17F2N3O3S. The van der Waals surface area contributed by atoms with Crippen molar-refractivity contribution in [1.82, 2.24) is 14.9 Å². The molecule has 0 spiro atoms. The number of nitrogens with zero attached hydrogens (tertiary/aromatic N) is 2. The van der Waals surface area contributed by atoms with Gasteiger partial charge in [0.05, 0.1) is 10.8 Å². The Morgan fingerprint density at radius 2 is 1.64 bits per heavy atom. The monoisotopic (exact) mass is 405 g/mol. The fraction of sp³-hybridized carbons (Fsp3) is 0.263. The van der Waals surface area contributed by atoms with Gasteiger partial charge in [-0.3, -0.25) is 0 Å². The Morgan fingerprint density at radius 3 is 2.29 bits per heavy atom. The lowest BCUT2D eigenvalue weighted by atomic mass is 10.1. The molecule has 1 aromatic heterocycles. The minimum absolute atomic E-state index is 0.128. The van der Waals surface area contributed by atoms with Gasteiger partial charge in [-0.25, -0.2) is 21.9 Å². The fourth-order valence-electron chi connectivity index (χ4n) is 3.32. The fourth-order valence-corrected chi connectivity index (χ4v) is 4.74. The summed E-state index contributed by atoms with van der Waals surface area (Å²) in [5.41, 5.74) is -0.902. The third-order valence-corrected chi connectivity index (χ3v) is 6.50. The Morgan fingerprint density at radius 1 is 1.00 bits per heavy atom. The molecule has 0 aliphatic heterocycles. The van der Waals surface area contributed by atoms with Crippen molar-refractivity contribution in [2.75, 3.05) is 0 Å². The first-order valence-corrected chi connectivity index (χ1v) is 10.1. The summed E-state index contributed by atoms with van der Waals surface area (Å²) in [7, 11) is -3.73. The zero-order valence-electron chi connectivity index (χ0n) is 15.1. The molecule has 9 heteroatoms. The SMILES string of the molecule is CC1(C)[C@H](c2nnc(-c3c(F)cccc3F)o2)[C@@H]1NS(=O)(=O)c1ccccc1. The van der Waals surface area contributed by atoms with E-state index in [1.54, 1.807) is 18.2 Å². The van der Waals surface area contributed by atoms with Gasteiger partial charge in [-0.05, 0) is 29.7 Å². The quantitative estimate of drug-likeness (QED) is 0.702. The molecule has 146 valence electrons. The molecule has 1 fully saturated rings. The van der Waals surface area contributed by atoms with E-state index >= 15 is 0 Å². The topological polar surface area (TPSA) is 85.1 Å². The maximum absolute atomic E-state index is 13.9. The Balaban J connectivity index is 1.60. The van der Waals surface area contributed by atoms with Gasteiger partial charge in [0.1, 0.15) is 17.2 Å². The number of hydrogen-bond donors (Lipinski definition) is 1. The van der Waals surface area contributed by atoms with Gasteiger partial charge >= 0.3 is 0 Å². The zero-order chi connectivity index (χ0) is 20.1. The van der Waals surface area contributed by atoms with Crippen LogP contribution in [0.4, 0.5) is 8.78 Å². The van der Waals surface area contributed by atoms with Crippen LogP contribution < -0.4 is 4.72 Å². The smallest absolute Gasteiger partial charge is 0.253 e. The van der Waals surface area contributed by atoms with Gasteiger partial charge in [-0.15, -0.1) is 10.2 Å². The van der Waals surface area contributed by atoms with E-state index in [1.165, 1.54) is 18.2 Å². The van der Waals surface area contributed by atoms with E-state index in [-0.39, 0.29) is 16.7 Å². The predicted octanol–water partition coefficient (Wildman–Crippen LogP) is 3.49. The van der Waals surface area contributed by atoms with Crippen molar-refractivity contribution in [3.8, 4) is 11.5 Å². The molecule has 1 saturated carbocycles. The Labute approximate surface area is 160 Å². The minimum Gasteiger partial charge on any atom is -0.420 e. The molecule has 4 rings (SSSR count). The van der Waals surface area contributed by atoms with Crippen molar-refractivity contribution in [3.05, 3.63) is 66.1 Å². The molecule has 0 saturated heterocycles. The van der Waals surface area contributed by atoms with Crippen LogP contribution in [0.25, 0.3) is 11.5 Å². The number of benzene rings is 2. The number of sulfonamides is 1. The highest BCUT2D eigenvalue weighted by Gasteiger charge is 2.63. The second kappa shape index (κ2) is 6.46. The summed E-state index contributed by atoms with van der Waals surface area (Å²) in [5, 5.41) is 7.65. The summed E-state index contributed by atoms with van der Waals surface area (Å²) < 4.78 is 61.2. The molecule has 1 aliphatic rings. The minimum atomic E-state index is -3.73. The summed E-state index contributed by atoms with van der Waals surface area (Å²) in [5.74, 6) is -2.19. The Hall–Kier alpha value is -2.65. The third-order valence-electron chi connectivity index (χ3n) is 5.05. The Bertz CT molecular complexity index is 1110. The van der Waals surface area contributed by atoms with Crippen molar-refractivity contribution in [1.29, 1.82) is 0 Å². The first-order chi connectivity index (χ1) is 13.2. The van der Waals surface area contributed by atoms with Crippen LogP contribution in [0.3, 0.4) is 0 Å². The number of aromatic nitrogens is 2. The third kappa shape index (κ3) is 3.10. The second-order valence-corrected chi connectivity index (χ2v) is 8.97. The van der Waals surface area contributed by atoms with E-state index in [0.717, 1.165) is 12.1 Å². The average Bonchev–Trinajstić information content (AvgIpc) is 2.96. The molecule has 1 heterocycles. The van der Waals surface area contributed by atoms with Gasteiger partial charge in [0.2, 0.25) is 15.9 Å². The first kappa shape index (κ1) is 18.7. The van der Waals surface area contributed by atoms with E-state index in [4.69, 9.17) is 4.42 Å². The van der Waals surface area contributed by atoms with Gasteiger partial charge in [0.25, 0.3) is 5.89 Å². The van der Waals surface area contributed by atoms with E-state index in [0.29, 0.717) is 0 Å². The van der Waals surface area contributed by atoms with Crippen molar-refractivity contribution in [2.24, 2.45) is 5.41 Å². The highest BCUT2D eigenvalue weighted by molar-refractivity contribution is 7.89. The maximum atomic E-state index is 13.9. The number of rotatable bonds is 5. The zero-order valence-corrected chi connectivity index (χ0v) is 15.9. The standard InChI is InChI=1S/C19H17F2N3O3S/c1-19(2)15(16(19)24-28(25,26)11-7-4-3-5-8-11)18-23-22-17(27-18)14-12(20)9-6-10-13(14)21/h3-10,15-16,24H,1-2H3/t15-,16-/m0/s1. The van der Waals surface area contributed by atoms with Crippen molar-refractivity contribution in [2.45, 2.75) is 30.7 Å². The number of hydrogen-bond acceptors (Lipinski definition) is 5. The van der Waals surface area contributed by atoms with Crippen LogP contribution in [-0.4, -0.2) is 24.7 Å². The number of nitrogens with one attached hydrogen (secondary N) is 1. The lowest BCUT2D eigenvalue weighted by molar-refractivity contribution is 0.470. The maximum Gasteiger partial charge on any atom is 0.253 e. The van der Waals surface area contributed by atoms with Crippen molar-refractivity contribution >= 4 is 10.0 Å². The molecule has 1 aliphatic carbocycles. The molecule has 0 unspecified atom stereocenters. The Kier molecular flexibility index (Phi) is 4.31. The largest absolute Gasteiger partial charge is 0.420 e. The van der Waals surface area contributed by atoms with Crippen molar-refractivity contribution in [3.63, 3.8) is 0 Å². The van der Waals surface area contributed by atoms with Crippen LogP contribution >= 0.6 is 0 Å². The normalized spacial score (nSPS) is 20.9. The summed E-state index contributed by atoms with van der Waals surface area (Å²) in [6.45, 7) is 3.70. The first-order valence-electron chi connectivity index (χ1n) is 8.57. The van der Waals surface area contributed by atoms with Crippen LogP contribution in [0.1, 0.15) is 25.7 Å². The van der Waals surface area contributed by atoms with Crippen LogP contribution in [0.5, 0.6) is 0 Å². The molecule has 3 aromatic rings. The molecular weight excluding hydrogens is 388 g/mol. The highest BCUT2D eigenvalue weighted by Crippen LogP contribution is 2.58. The average molecular weight is 405 g/mol. The van der Waals surface area contributed by atoms with Crippen molar-refractivity contribution < 1.29 is 21.6 Å². The van der Waals surface area contributed by atoms with Gasteiger partial charge < -0.3 is 4.42 Å². The van der Waals surface area contributed by atoms with Crippen LogP contribution in [0.15, 0.2) is 57.8 Å². The van der Waals surface area contributed by atoms with Gasteiger partial charge in [0.15, 0.2) is 0 Å². The van der Waals surface area contributed by atoms with Gasteiger partial charge in [-0.1, -0.05) is 38.1 Å². The molecule has 1 N–H and O–H groups in total. The predicted molar refractivity (Wildman–Crippen MR) is 96.7 cm³/mol.